The van der Waals surface area contributed by atoms with Crippen LogP contribution in [-0.4, -0.2) is 35.3 Å². The van der Waals surface area contributed by atoms with E-state index >= 15 is 0 Å². The van der Waals surface area contributed by atoms with Gasteiger partial charge in [0.05, 0.1) is 18.2 Å². The first-order chi connectivity index (χ1) is 15.0. The molecule has 2 aliphatic rings. The number of ether oxygens (including phenoxy) is 1. The Hall–Kier alpha value is -3.92. The molecule has 2 aromatic carbocycles. The Morgan fingerprint density at radius 1 is 1.19 bits per heavy atom. The van der Waals surface area contributed by atoms with E-state index in [0.717, 1.165) is 5.69 Å². The van der Waals surface area contributed by atoms with Gasteiger partial charge in [-0.15, -0.1) is 0 Å². The number of benzene rings is 2. The molecular weight excluding hydrogens is 420 g/mol. The number of fused-ring (bicyclic) bond motifs is 2. The predicted molar refractivity (Wildman–Crippen MR) is 114 cm³/mol. The summed E-state index contributed by atoms with van der Waals surface area (Å²) in [5.74, 6) is -0.741. The standard InChI is InChI=1S/C21H16N4O5S/c1-30-13-6-7-15-14(8-13)16(18(26)23-15)17-19(27)25-10-24(9-22-21(25)31-17)12-4-2-11(3-5-12)20(28)29/h2-8H,9-10H2,1H3,(H,23,26)(H,28,29)/b17-16-. The highest BCUT2D eigenvalue weighted by atomic mass is 32.1. The van der Waals surface area contributed by atoms with E-state index in [9.17, 15) is 14.4 Å². The summed E-state index contributed by atoms with van der Waals surface area (Å²) < 4.78 is 7.11. The van der Waals surface area contributed by atoms with Crippen molar-refractivity contribution in [3.8, 4) is 5.75 Å². The number of carboxylic acids is 1. The van der Waals surface area contributed by atoms with Crippen molar-refractivity contribution in [2.45, 2.75) is 6.67 Å². The monoisotopic (exact) mass is 436 g/mol. The summed E-state index contributed by atoms with van der Waals surface area (Å²) in [6.45, 7) is 0.568. The van der Waals surface area contributed by atoms with Crippen LogP contribution in [-0.2, 0) is 11.5 Å². The maximum atomic E-state index is 13.2. The number of anilines is 2. The van der Waals surface area contributed by atoms with E-state index in [1.54, 1.807) is 37.4 Å². The van der Waals surface area contributed by atoms with Gasteiger partial charge in [0.1, 0.15) is 23.6 Å². The van der Waals surface area contributed by atoms with E-state index in [-0.39, 0.29) is 23.7 Å². The summed E-state index contributed by atoms with van der Waals surface area (Å²) in [5.41, 5.74) is 2.22. The van der Waals surface area contributed by atoms with Crippen molar-refractivity contribution in [3.63, 3.8) is 0 Å². The lowest BCUT2D eigenvalue weighted by atomic mass is 10.1. The van der Waals surface area contributed by atoms with Gasteiger partial charge in [0.25, 0.3) is 11.5 Å². The third-order valence-corrected chi connectivity index (χ3v) is 6.35. The lowest BCUT2D eigenvalue weighted by Gasteiger charge is -2.25. The zero-order chi connectivity index (χ0) is 21.7. The number of nitrogens with zero attached hydrogens (tertiary/aromatic N) is 3. The zero-order valence-electron chi connectivity index (χ0n) is 16.3. The van der Waals surface area contributed by atoms with Gasteiger partial charge >= 0.3 is 5.97 Å². The molecule has 0 spiro atoms. The number of hydrogen-bond acceptors (Lipinski definition) is 7. The highest BCUT2D eigenvalue weighted by molar-refractivity contribution is 7.07. The number of methoxy groups -OCH3 is 1. The maximum absolute atomic E-state index is 13.2. The lowest BCUT2D eigenvalue weighted by molar-refractivity contribution is -0.110. The van der Waals surface area contributed by atoms with Crippen LogP contribution in [0.2, 0.25) is 0 Å². The Morgan fingerprint density at radius 3 is 2.68 bits per heavy atom. The van der Waals surface area contributed by atoms with Gasteiger partial charge in [0.15, 0.2) is 4.80 Å². The quantitative estimate of drug-likeness (QED) is 0.629. The molecular formula is C21H16N4O5S. The number of carbonyl (C=O) groups excluding carboxylic acids is 1. The molecule has 0 fully saturated rings. The van der Waals surface area contributed by atoms with E-state index in [0.29, 0.717) is 38.6 Å². The molecule has 0 saturated carbocycles. The summed E-state index contributed by atoms with van der Waals surface area (Å²) >= 11 is 1.18. The third-order valence-electron chi connectivity index (χ3n) is 5.23. The van der Waals surface area contributed by atoms with Crippen LogP contribution in [0.5, 0.6) is 5.75 Å². The molecule has 0 bridgehead atoms. The van der Waals surface area contributed by atoms with Crippen LogP contribution >= 0.6 is 11.3 Å². The van der Waals surface area contributed by atoms with Gasteiger partial charge < -0.3 is 20.1 Å². The first-order valence-corrected chi connectivity index (χ1v) is 10.1. The molecule has 1 amide bonds. The molecule has 0 atom stereocenters. The van der Waals surface area contributed by atoms with Gasteiger partial charge in [-0.3, -0.25) is 14.2 Å². The van der Waals surface area contributed by atoms with Crippen LogP contribution in [0.3, 0.4) is 0 Å². The Balaban J connectivity index is 1.58. The number of rotatable bonds is 3. The van der Waals surface area contributed by atoms with Crippen LogP contribution in [0.25, 0.3) is 5.57 Å². The SMILES string of the molecule is COc1ccc2c(c1)/C(=c1/sc3n(c1=O)CN(c1ccc(C(=O)O)cc1)CN=3)C(=O)N2. The lowest BCUT2D eigenvalue weighted by Crippen LogP contribution is -2.43. The average Bonchev–Trinajstić information content (AvgIpc) is 3.28. The molecule has 0 aliphatic carbocycles. The largest absolute Gasteiger partial charge is 0.497 e. The minimum absolute atomic E-state index is 0.186. The molecule has 0 unspecified atom stereocenters. The summed E-state index contributed by atoms with van der Waals surface area (Å²) in [6.07, 6.45) is 0. The second-order valence-corrected chi connectivity index (χ2v) is 8.00. The van der Waals surface area contributed by atoms with Gasteiger partial charge in [0, 0.05) is 16.9 Å². The van der Waals surface area contributed by atoms with Crippen LogP contribution in [0.1, 0.15) is 15.9 Å². The fraction of sp³-hybridized carbons (Fsp3) is 0.143. The average molecular weight is 436 g/mol. The Kier molecular flexibility index (Phi) is 4.36. The summed E-state index contributed by atoms with van der Waals surface area (Å²) in [5, 5.41) is 11.9. The van der Waals surface area contributed by atoms with E-state index in [1.165, 1.54) is 28.0 Å². The normalized spacial score (nSPS) is 16.3. The summed E-state index contributed by atoms with van der Waals surface area (Å²) in [7, 11) is 1.54. The molecule has 5 rings (SSSR count). The molecule has 2 aliphatic heterocycles. The topological polar surface area (TPSA) is 113 Å². The first kappa shape index (κ1) is 19.1. The number of amides is 1. The van der Waals surface area contributed by atoms with Gasteiger partial charge in [-0.1, -0.05) is 11.3 Å². The number of hydrogen-bond donors (Lipinski definition) is 2. The van der Waals surface area contributed by atoms with Gasteiger partial charge in [-0.05, 0) is 42.5 Å². The molecule has 156 valence electrons. The number of nitrogens with one attached hydrogen (secondary N) is 1. The molecule has 3 heterocycles. The second kappa shape index (κ2) is 7.10. The number of aromatic nitrogens is 1. The summed E-state index contributed by atoms with van der Waals surface area (Å²) in [6, 6.07) is 11.6. The Bertz CT molecular complexity index is 1420. The number of aromatic carboxylic acids is 1. The van der Waals surface area contributed by atoms with Crippen molar-refractivity contribution in [1.29, 1.82) is 0 Å². The first-order valence-electron chi connectivity index (χ1n) is 9.33. The molecule has 0 radical (unpaired) electrons. The van der Waals surface area contributed by atoms with E-state index < -0.39 is 5.97 Å². The highest BCUT2D eigenvalue weighted by Gasteiger charge is 2.28. The molecule has 3 aromatic rings. The molecule has 2 N–H and O–H groups in total. The van der Waals surface area contributed by atoms with Crippen LogP contribution in [0.15, 0.2) is 52.3 Å². The Labute approximate surface area is 179 Å². The number of carbonyl (C=O) groups is 2. The maximum Gasteiger partial charge on any atom is 0.335 e. The van der Waals surface area contributed by atoms with Crippen molar-refractivity contribution in [2.24, 2.45) is 4.99 Å². The molecule has 31 heavy (non-hydrogen) atoms. The second-order valence-electron chi connectivity index (χ2n) is 7.02. The van der Waals surface area contributed by atoms with Crippen LogP contribution in [0.4, 0.5) is 11.4 Å². The molecule has 10 heteroatoms. The van der Waals surface area contributed by atoms with Crippen molar-refractivity contribution in [2.75, 3.05) is 24.0 Å². The van der Waals surface area contributed by atoms with E-state index in [1.807, 2.05) is 4.90 Å². The molecule has 9 nitrogen and oxygen atoms in total. The van der Waals surface area contributed by atoms with Crippen molar-refractivity contribution >= 4 is 40.2 Å². The fourth-order valence-electron chi connectivity index (χ4n) is 3.64. The molecule has 0 saturated heterocycles. The van der Waals surface area contributed by atoms with Crippen LogP contribution in [0, 0.1) is 0 Å². The van der Waals surface area contributed by atoms with Crippen LogP contribution < -0.4 is 29.8 Å². The van der Waals surface area contributed by atoms with Gasteiger partial charge in [-0.2, -0.15) is 0 Å². The van der Waals surface area contributed by atoms with E-state index in [2.05, 4.69) is 10.3 Å². The van der Waals surface area contributed by atoms with Crippen molar-refractivity contribution in [3.05, 3.63) is 73.3 Å². The minimum Gasteiger partial charge on any atom is -0.497 e. The van der Waals surface area contributed by atoms with Gasteiger partial charge in [0.2, 0.25) is 0 Å². The van der Waals surface area contributed by atoms with Crippen molar-refractivity contribution < 1.29 is 19.4 Å². The number of thiazole rings is 1. The smallest absolute Gasteiger partial charge is 0.335 e. The van der Waals surface area contributed by atoms with Crippen molar-refractivity contribution in [1.82, 2.24) is 4.57 Å². The number of carboxylic acid groups (broad SMARTS) is 1. The zero-order valence-corrected chi connectivity index (χ0v) is 17.1. The van der Waals surface area contributed by atoms with Gasteiger partial charge in [-0.25, -0.2) is 9.79 Å². The fourth-order valence-corrected chi connectivity index (χ4v) is 4.70. The minimum atomic E-state index is -1.00. The van der Waals surface area contributed by atoms with E-state index in [4.69, 9.17) is 9.84 Å². The summed E-state index contributed by atoms with van der Waals surface area (Å²) in [4.78, 5) is 43.8. The third kappa shape index (κ3) is 3.08. The highest BCUT2D eigenvalue weighted by Crippen LogP contribution is 2.33. The Morgan fingerprint density at radius 2 is 1.97 bits per heavy atom. The molecule has 1 aromatic heterocycles. The predicted octanol–water partition coefficient (Wildman–Crippen LogP) is 0.822.